The van der Waals surface area contributed by atoms with Crippen LogP contribution in [-0.4, -0.2) is 21.1 Å². The quantitative estimate of drug-likeness (QED) is 0.602. The Bertz CT molecular complexity index is 577. The molecular weight excluding hydrogens is 282 g/mol. The van der Waals surface area contributed by atoms with Crippen molar-refractivity contribution in [2.24, 2.45) is 5.73 Å². The molecule has 0 aliphatic carbocycles. The van der Waals surface area contributed by atoms with Crippen molar-refractivity contribution in [1.82, 2.24) is 9.55 Å². The number of nitrogens with zero attached hydrogens (tertiary/aromatic N) is 2. The van der Waals surface area contributed by atoms with Crippen LogP contribution in [0.2, 0.25) is 0 Å². The first kappa shape index (κ1) is 15.5. The van der Waals surface area contributed by atoms with Crippen LogP contribution in [0.1, 0.15) is 31.2 Å². The molecule has 0 amide bonds. The molecule has 0 radical (unpaired) electrons. The van der Waals surface area contributed by atoms with Crippen molar-refractivity contribution in [1.29, 1.82) is 0 Å². The van der Waals surface area contributed by atoms with E-state index in [2.05, 4.69) is 16.5 Å². The van der Waals surface area contributed by atoms with E-state index in [0.29, 0.717) is 11.6 Å². The standard InChI is InChI=1S/C16H21N3OS/c1-2-4-15-18-9-11-19(15)10-3-12-20-14-7-5-13(6-8-14)16(17)21/h5-9,11H,2-4,10,12H2,1H3,(H2,17,21). The van der Waals surface area contributed by atoms with Gasteiger partial charge in [0.15, 0.2) is 0 Å². The van der Waals surface area contributed by atoms with Crippen LogP contribution in [0.25, 0.3) is 0 Å². The number of nitrogens with two attached hydrogens (primary N) is 1. The third-order valence-electron chi connectivity index (χ3n) is 3.23. The smallest absolute Gasteiger partial charge is 0.119 e. The number of hydrogen-bond acceptors (Lipinski definition) is 3. The van der Waals surface area contributed by atoms with E-state index in [1.165, 1.54) is 0 Å². The summed E-state index contributed by atoms with van der Waals surface area (Å²) in [6, 6.07) is 7.56. The van der Waals surface area contributed by atoms with Crippen LogP contribution < -0.4 is 10.5 Å². The van der Waals surface area contributed by atoms with E-state index in [1.54, 1.807) is 0 Å². The van der Waals surface area contributed by atoms with Gasteiger partial charge in [-0.2, -0.15) is 0 Å². The minimum Gasteiger partial charge on any atom is -0.494 e. The van der Waals surface area contributed by atoms with Crippen LogP contribution in [0.3, 0.4) is 0 Å². The molecule has 0 aliphatic heterocycles. The Balaban J connectivity index is 1.76. The summed E-state index contributed by atoms with van der Waals surface area (Å²) in [6.07, 6.45) is 6.98. The number of aryl methyl sites for hydroxylation is 2. The van der Waals surface area contributed by atoms with Gasteiger partial charge in [-0.3, -0.25) is 0 Å². The molecule has 1 aromatic heterocycles. The minimum atomic E-state index is 0.408. The lowest BCUT2D eigenvalue weighted by Crippen LogP contribution is -2.09. The van der Waals surface area contributed by atoms with Gasteiger partial charge in [-0.15, -0.1) is 0 Å². The second kappa shape index (κ2) is 7.78. The Labute approximate surface area is 130 Å². The predicted octanol–water partition coefficient (Wildman–Crippen LogP) is 2.94. The third-order valence-corrected chi connectivity index (χ3v) is 3.46. The monoisotopic (exact) mass is 303 g/mol. The highest BCUT2D eigenvalue weighted by atomic mass is 32.1. The molecule has 0 fully saturated rings. The molecule has 2 aromatic rings. The zero-order chi connectivity index (χ0) is 15.1. The SMILES string of the molecule is CCCc1nccn1CCCOc1ccc(C(N)=S)cc1. The molecule has 4 nitrogen and oxygen atoms in total. The molecule has 21 heavy (non-hydrogen) atoms. The third kappa shape index (κ3) is 4.56. The van der Waals surface area contributed by atoms with Gasteiger partial charge in [0.1, 0.15) is 16.6 Å². The number of hydrogen-bond donors (Lipinski definition) is 1. The molecule has 1 heterocycles. The summed E-state index contributed by atoms with van der Waals surface area (Å²) in [6.45, 7) is 3.77. The average Bonchev–Trinajstić information content (AvgIpc) is 2.92. The second-order valence-corrected chi connectivity index (χ2v) is 5.32. The molecule has 2 N–H and O–H groups in total. The van der Waals surface area contributed by atoms with E-state index in [-0.39, 0.29) is 0 Å². The number of benzene rings is 1. The fourth-order valence-electron chi connectivity index (χ4n) is 2.14. The second-order valence-electron chi connectivity index (χ2n) is 4.88. The van der Waals surface area contributed by atoms with E-state index < -0.39 is 0 Å². The maximum absolute atomic E-state index is 5.72. The maximum atomic E-state index is 5.72. The lowest BCUT2D eigenvalue weighted by atomic mass is 10.2. The number of ether oxygens (including phenoxy) is 1. The summed E-state index contributed by atoms with van der Waals surface area (Å²) in [5.74, 6) is 1.99. The van der Waals surface area contributed by atoms with E-state index in [1.807, 2.05) is 36.7 Å². The lowest BCUT2D eigenvalue weighted by Gasteiger charge is -2.09. The summed E-state index contributed by atoms with van der Waals surface area (Å²) < 4.78 is 7.92. The van der Waals surface area contributed by atoms with Crippen molar-refractivity contribution in [3.05, 3.63) is 48.0 Å². The molecule has 0 saturated carbocycles. The van der Waals surface area contributed by atoms with Crippen LogP contribution in [0.15, 0.2) is 36.7 Å². The van der Waals surface area contributed by atoms with Gasteiger partial charge in [-0.1, -0.05) is 19.1 Å². The first-order chi connectivity index (χ1) is 10.2. The molecule has 0 spiro atoms. The van der Waals surface area contributed by atoms with Crippen molar-refractivity contribution in [3.63, 3.8) is 0 Å². The van der Waals surface area contributed by atoms with E-state index in [0.717, 1.165) is 42.9 Å². The molecule has 112 valence electrons. The highest BCUT2D eigenvalue weighted by Crippen LogP contribution is 2.12. The molecule has 1 aromatic carbocycles. The Hall–Kier alpha value is -1.88. The highest BCUT2D eigenvalue weighted by Gasteiger charge is 2.02. The minimum absolute atomic E-state index is 0.408. The molecule has 5 heteroatoms. The van der Waals surface area contributed by atoms with Gasteiger partial charge in [0.05, 0.1) is 6.61 Å². The Morgan fingerprint density at radius 3 is 2.76 bits per heavy atom. The summed E-state index contributed by atoms with van der Waals surface area (Å²) in [5.41, 5.74) is 6.42. The summed E-state index contributed by atoms with van der Waals surface area (Å²) >= 11 is 4.92. The fourth-order valence-corrected chi connectivity index (χ4v) is 2.27. The van der Waals surface area contributed by atoms with Gasteiger partial charge in [0.2, 0.25) is 0 Å². The summed E-state index contributed by atoms with van der Waals surface area (Å²) in [5, 5.41) is 0. The summed E-state index contributed by atoms with van der Waals surface area (Å²) in [7, 11) is 0. The van der Waals surface area contributed by atoms with E-state index in [4.69, 9.17) is 22.7 Å². The van der Waals surface area contributed by atoms with E-state index >= 15 is 0 Å². The van der Waals surface area contributed by atoms with Crippen LogP contribution in [0, 0.1) is 0 Å². The Morgan fingerprint density at radius 1 is 1.33 bits per heavy atom. The Kier molecular flexibility index (Phi) is 5.75. The lowest BCUT2D eigenvalue weighted by molar-refractivity contribution is 0.301. The fraction of sp³-hybridized carbons (Fsp3) is 0.375. The van der Waals surface area contributed by atoms with Gasteiger partial charge in [-0.25, -0.2) is 4.98 Å². The van der Waals surface area contributed by atoms with Crippen molar-refractivity contribution in [2.45, 2.75) is 32.7 Å². The highest BCUT2D eigenvalue weighted by molar-refractivity contribution is 7.80. The van der Waals surface area contributed by atoms with Crippen molar-refractivity contribution < 1.29 is 4.74 Å². The predicted molar refractivity (Wildman–Crippen MR) is 88.7 cm³/mol. The first-order valence-electron chi connectivity index (χ1n) is 7.23. The average molecular weight is 303 g/mol. The molecule has 0 unspecified atom stereocenters. The number of imidazole rings is 1. The zero-order valence-corrected chi connectivity index (χ0v) is 13.1. The van der Waals surface area contributed by atoms with Crippen LogP contribution in [0.5, 0.6) is 5.75 Å². The molecule has 0 atom stereocenters. The number of rotatable bonds is 8. The summed E-state index contributed by atoms with van der Waals surface area (Å²) in [4.78, 5) is 4.77. The number of aromatic nitrogens is 2. The van der Waals surface area contributed by atoms with Crippen molar-refractivity contribution >= 4 is 17.2 Å². The molecular formula is C16H21N3OS. The van der Waals surface area contributed by atoms with Crippen LogP contribution >= 0.6 is 12.2 Å². The van der Waals surface area contributed by atoms with Gasteiger partial charge < -0.3 is 15.0 Å². The van der Waals surface area contributed by atoms with Gasteiger partial charge in [0.25, 0.3) is 0 Å². The first-order valence-corrected chi connectivity index (χ1v) is 7.64. The van der Waals surface area contributed by atoms with Gasteiger partial charge >= 0.3 is 0 Å². The van der Waals surface area contributed by atoms with Gasteiger partial charge in [-0.05, 0) is 37.1 Å². The van der Waals surface area contributed by atoms with Crippen LogP contribution in [-0.2, 0) is 13.0 Å². The molecule has 0 bridgehead atoms. The van der Waals surface area contributed by atoms with Gasteiger partial charge in [0, 0.05) is 30.9 Å². The topological polar surface area (TPSA) is 53.1 Å². The number of thiocarbonyl (C=S) groups is 1. The Morgan fingerprint density at radius 2 is 2.10 bits per heavy atom. The molecule has 0 aliphatic rings. The van der Waals surface area contributed by atoms with Crippen molar-refractivity contribution in [3.8, 4) is 5.75 Å². The normalized spacial score (nSPS) is 10.5. The van der Waals surface area contributed by atoms with Crippen LogP contribution in [0.4, 0.5) is 0 Å². The largest absolute Gasteiger partial charge is 0.494 e. The maximum Gasteiger partial charge on any atom is 0.119 e. The molecule has 0 saturated heterocycles. The molecule has 2 rings (SSSR count). The zero-order valence-electron chi connectivity index (χ0n) is 12.3. The van der Waals surface area contributed by atoms with E-state index in [9.17, 15) is 0 Å². The van der Waals surface area contributed by atoms with Crippen molar-refractivity contribution in [2.75, 3.05) is 6.61 Å².